The number of carbonyl (C=O) groups excluding carboxylic acids is 2. The van der Waals surface area contributed by atoms with Crippen molar-refractivity contribution in [1.82, 2.24) is 5.32 Å². The van der Waals surface area contributed by atoms with Crippen LogP contribution in [-0.4, -0.2) is 19.0 Å². The van der Waals surface area contributed by atoms with E-state index in [2.05, 4.69) is 26.0 Å². The molecule has 1 aromatic heterocycles. The van der Waals surface area contributed by atoms with Crippen molar-refractivity contribution < 1.29 is 23.1 Å². The Kier molecular flexibility index (Phi) is 5.92. The first kappa shape index (κ1) is 17.9. The van der Waals surface area contributed by atoms with Crippen molar-refractivity contribution in [3.63, 3.8) is 0 Å². The second-order valence-electron chi connectivity index (χ2n) is 4.89. The van der Waals surface area contributed by atoms with Crippen molar-refractivity contribution in [2.75, 3.05) is 7.11 Å². The van der Waals surface area contributed by atoms with Crippen molar-refractivity contribution in [2.24, 2.45) is 0 Å². The van der Waals surface area contributed by atoms with Crippen molar-refractivity contribution >= 4 is 33.9 Å². The number of ether oxygens (including phenoxy) is 1. The minimum Gasteiger partial charge on any atom is -0.465 e. The monoisotopic (exact) mass is 395 g/mol. The van der Waals surface area contributed by atoms with E-state index in [9.17, 15) is 14.0 Å². The lowest BCUT2D eigenvalue weighted by atomic mass is 10.2. The van der Waals surface area contributed by atoms with Crippen LogP contribution in [0.2, 0.25) is 0 Å². The number of hydrogen-bond acceptors (Lipinski definition) is 4. The fraction of sp³-hybridized carbons (Fsp3) is 0.176. The molecule has 0 bridgehead atoms. The first-order chi connectivity index (χ1) is 11.4. The number of furan rings is 1. The molecule has 0 atom stereocenters. The summed E-state index contributed by atoms with van der Waals surface area (Å²) in [4.78, 5) is 23.3. The second kappa shape index (κ2) is 7.92. The number of methoxy groups -OCH3 is 1. The highest BCUT2D eigenvalue weighted by Crippen LogP contribution is 2.17. The van der Waals surface area contributed by atoms with Crippen LogP contribution in [0.1, 0.15) is 27.4 Å². The molecular formula is C17H15BrFNO4. The summed E-state index contributed by atoms with van der Waals surface area (Å²) in [5.74, 6) is -0.505. The molecule has 0 aliphatic heterocycles. The minimum absolute atomic E-state index is 0.0992. The number of hydrogen-bond donors (Lipinski definition) is 1. The van der Waals surface area contributed by atoms with E-state index in [0.29, 0.717) is 27.1 Å². The number of rotatable bonds is 5. The second-order valence-corrected chi connectivity index (χ2v) is 5.81. The smallest absolute Gasteiger partial charge is 0.341 e. The molecule has 7 heteroatoms. The van der Waals surface area contributed by atoms with Gasteiger partial charge in [-0.25, -0.2) is 9.18 Å². The van der Waals surface area contributed by atoms with Crippen molar-refractivity contribution in [2.45, 2.75) is 13.5 Å². The van der Waals surface area contributed by atoms with Gasteiger partial charge in [-0.2, -0.15) is 0 Å². The molecule has 0 unspecified atom stereocenters. The van der Waals surface area contributed by atoms with Crippen LogP contribution in [0, 0.1) is 12.7 Å². The molecule has 1 heterocycles. The third-order valence-electron chi connectivity index (χ3n) is 3.18. The number of amides is 1. The molecule has 0 saturated heterocycles. The molecule has 1 aromatic carbocycles. The molecule has 2 aromatic rings. The van der Waals surface area contributed by atoms with Crippen molar-refractivity contribution in [3.05, 3.63) is 63.3 Å². The zero-order valence-corrected chi connectivity index (χ0v) is 14.6. The van der Waals surface area contributed by atoms with Gasteiger partial charge < -0.3 is 14.5 Å². The van der Waals surface area contributed by atoms with Crippen LogP contribution in [-0.2, 0) is 16.1 Å². The van der Waals surface area contributed by atoms with Gasteiger partial charge in [0.15, 0.2) is 0 Å². The highest BCUT2D eigenvalue weighted by molar-refractivity contribution is 9.10. The van der Waals surface area contributed by atoms with Crippen molar-refractivity contribution in [3.8, 4) is 0 Å². The molecule has 0 radical (unpaired) electrons. The molecule has 5 nitrogen and oxygen atoms in total. The molecule has 0 fully saturated rings. The lowest BCUT2D eigenvalue weighted by molar-refractivity contribution is -0.116. The van der Waals surface area contributed by atoms with Gasteiger partial charge in [-0.05, 0) is 37.3 Å². The first-order valence-electron chi connectivity index (χ1n) is 6.99. The van der Waals surface area contributed by atoms with Crippen LogP contribution in [0.25, 0.3) is 6.08 Å². The average Bonchev–Trinajstić information content (AvgIpc) is 2.94. The maximum Gasteiger partial charge on any atom is 0.341 e. The van der Waals surface area contributed by atoms with Crippen LogP contribution >= 0.6 is 15.9 Å². The quantitative estimate of drug-likeness (QED) is 0.620. The normalized spacial score (nSPS) is 10.8. The van der Waals surface area contributed by atoms with Crippen molar-refractivity contribution in [1.29, 1.82) is 0 Å². The number of carbonyl (C=O) groups is 2. The van der Waals surface area contributed by atoms with E-state index in [-0.39, 0.29) is 6.54 Å². The van der Waals surface area contributed by atoms with Crippen LogP contribution < -0.4 is 5.32 Å². The van der Waals surface area contributed by atoms with Crippen LogP contribution in [0.15, 0.2) is 39.2 Å². The van der Waals surface area contributed by atoms with Crippen LogP contribution in [0.3, 0.4) is 0 Å². The molecule has 2 rings (SSSR count). The third kappa shape index (κ3) is 4.55. The number of halogens is 2. The first-order valence-corrected chi connectivity index (χ1v) is 7.78. The average molecular weight is 396 g/mol. The maximum absolute atomic E-state index is 13.6. The molecule has 0 aliphatic carbocycles. The summed E-state index contributed by atoms with van der Waals surface area (Å²) in [6.45, 7) is 1.73. The Bertz CT molecular complexity index is 798. The Morgan fingerprint density at radius 1 is 1.38 bits per heavy atom. The van der Waals surface area contributed by atoms with E-state index in [4.69, 9.17) is 4.42 Å². The van der Waals surface area contributed by atoms with Gasteiger partial charge >= 0.3 is 5.97 Å². The Morgan fingerprint density at radius 3 is 2.83 bits per heavy atom. The van der Waals surface area contributed by atoms with E-state index >= 15 is 0 Å². The van der Waals surface area contributed by atoms with Gasteiger partial charge in [-0.15, -0.1) is 0 Å². The van der Waals surface area contributed by atoms with Crippen LogP contribution in [0.4, 0.5) is 4.39 Å². The fourth-order valence-electron chi connectivity index (χ4n) is 1.98. The highest BCUT2D eigenvalue weighted by atomic mass is 79.9. The number of nitrogens with one attached hydrogen (secondary N) is 1. The van der Waals surface area contributed by atoms with Gasteiger partial charge in [0.2, 0.25) is 5.91 Å². The molecule has 1 amide bonds. The van der Waals surface area contributed by atoms with E-state index in [1.54, 1.807) is 19.1 Å². The molecule has 0 spiro atoms. The highest BCUT2D eigenvalue weighted by Gasteiger charge is 2.15. The van der Waals surface area contributed by atoms with Gasteiger partial charge in [0.05, 0.1) is 13.7 Å². The number of esters is 1. The third-order valence-corrected chi connectivity index (χ3v) is 3.68. The Labute approximate surface area is 146 Å². The largest absolute Gasteiger partial charge is 0.465 e. The Morgan fingerprint density at radius 2 is 2.12 bits per heavy atom. The summed E-state index contributed by atoms with van der Waals surface area (Å²) in [6, 6.07) is 5.96. The predicted molar refractivity (Wildman–Crippen MR) is 89.8 cm³/mol. The Balaban J connectivity index is 1.97. The van der Waals surface area contributed by atoms with E-state index < -0.39 is 17.7 Å². The Hall–Kier alpha value is -2.41. The van der Waals surface area contributed by atoms with Gasteiger partial charge in [0.25, 0.3) is 0 Å². The lowest BCUT2D eigenvalue weighted by Crippen LogP contribution is -2.19. The number of benzene rings is 1. The fourth-order valence-corrected chi connectivity index (χ4v) is 2.36. The zero-order valence-electron chi connectivity index (χ0n) is 13.1. The van der Waals surface area contributed by atoms with Gasteiger partial charge in [-0.1, -0.05) is 15.9 Å². The van der Waals surface area contributed by atoms with E-state index in [1.807, 2.05) is 0 Å². The van der Waals surface area contributed by atoms with E-state index in [0.717, 1.165) is 0 Å². The molecule has 0 aliphatic rings. The summed E-state index contributed by atoms with van der Waals surface area (Å²) < 4.78 is 24.3. The SMILES string of the molecule is COC(=O)c1cc(CNC(=O)/C=C/c2cc(Br)ccc2F)oc1C. The topological polar surface area (TPSA) is 68.5 Å². The van der Waals surface area contributed by atoms with Crippen LogP contribution in [0.5, 0.6) is 0 Å². The maximum atomic E-state index is 13.6. The summed E-state index contributed by atoms with van der Waals surface area (Å²) in [6.07, 6.45) is 2.60. The molecule has 126 valence electrons. The zero-order chi connectivity index (χ0) is 17.7. The van der Waals surface area contributed by atoms with Gasteiger partial charge in [-0.3, -0.25) is 4.79 Å². The molecule has 1 N–H and O–H groups in total. The number of aryl methyl sites for hydroxylation is 1. The summed E-state index contributed by atoms with van der Waals surface area (Å²) in [7, 11) is 1.28. The predicted octanol–water partition coefficient (Wildman–Crippen LogP) is 3.61. The molecule has 0 saturated carbocycles. The van der Waals surface area contributed by atoms with E-state index in [1.165, 1.54) is 31.4 Å². The molecule has 24 heavy (non-hydrogen) atoms. The standard InChI is InChI=1S/C17H15BrFNO4/c1-10-14(17(22)23-2)8-13(24-10)9-20-16(21)6-3-11-7-12(18)4-5-15(11)19/h3-8H,9H2,1-2H3,(H,20,21)/b6-3+. The van der Waals surface area contributed by atoms with Gasteiger partial charge in [0, 0.05) is 16.1 Å². The molecular weight excluding hydrogens is 381 g/mol. The summed E-state index contributed by atoms with van der Waals surface area (Å²) in [5.41, 5.74) is 0.606. The minimum atomic E-state index is -0.501. The summed E-state index contributed by atoms with van der Waals surface area (Å²) in [5, 5.41) is 2.59. The lowest BCUT2D eigenvalue weighted by Gasteiger charge is -2.00. The van der Waals surface area contributed by atoms with Gasteiger partial charge in [0.1, 0.15) is 22.9 Å². The summed E-state index contributed by atoms with van der Waals surface area (Å²) >= 11 is 3.24.